The Kier molecular flexibility index (Phi) is 20.0. The Morgan fingerprint density at radius 1 is 0.150 bits per heavy atom. The lowest BCUT2D eigenvalue weighted by Crippen LogP contribution is -2.58. The first-order valence-electron chi connectivity index (χ1n) is 28.6. The van der Waals surface area contributed by atoms with E-state index < -0.39 is 106 Å². The molecule has 11 rings (SSSR count). The summed E-state index contributed by atoms with van der Waals surface area (Å²) in [4.78, 5) is 15.5. The maximum atomic E-state index is 7.57. The molecule has 368 valence electrons. The highest BCUT2D eigenvalue weighted by Crippen LogP contribution is 2.36. The summed E-state index contributed by atoms with van der Waals surface area (Å²) in [5.74, 6) is -1.27. The third-order valence-electron chi connectivity index (χ3n) is 18.0. The molecule has 0 spiro atoms. The van der Waals surface area contributed by atoms with Gasteiger partial charge in [0.15, 0.2) is 17.5 Å². The van der Waals surface area contributed by atoms with E-state index in [1.165, 1.54) is 0 Å². The summed E-state index contributed by atoms with van der Waals surface area (Å²) in [5, 5.41) is -0.173. The fourth-order valence-corrected chi connectivity index (χ4v) is 12.3. The standard InChI is InChI=1S/C57B38N4O/c58-12-2(28(74)53-1(8-23(69)33(79)42(88)49(95)54(8)100-53)9(12)55-96-56(10-24(70)34(80)40(86)35(81)25(10)71)98-57(97-55)11-26(72)36(82)41(87)37(83)27(11)73)3-17(63)43(89)50(44(90)18(3)64)99(51-45(91)19(65)6(20(66)46(51)92)4-13(59)29(75)38(84)30(76)14(4)60)52-47(93)21(67)7(22(68)48(52)94)5-15(61)31(77)39(85)32(78)16(5)62. The molecule has 5 nitrogen and oxygen atoms in total. The summed E-state index contributed by atoms with van der Waals surface area (Å²) in [6, 6.07) is 0. The molecule has 0 amide bonds. The van der Waals surface area contributed by atoms with Gasteiger partial charge in [-0.05, 0) is 38.8 Å². The number of hydrogen-bond acceptors (Lipinski definition) is 5. The number of nitrogens with zero attached hydrogens (tertiary/aromatic N) is 4. The van der Waals surface area contributed by atoms with E-state index in [4.69, 9.17) is 318 Å². The second-order valence-corrected chi connectivity index (χ2v) is 23.3. The van der Waals surface area contributed by atoms with Crippen molar-refractivity contribution in [3.63, 3.8) is 0 Å². The smallest absolute Gasteiger partial charge is 0.164 e. The van der Waals surface area contributed by atoms with Crippen LogP contribution in [-0.4, -0.2) is 313 Å². The number of aromatic nitrogens is 3. The first kappa shape index (κ1) is 75.2. The maximum absolute atomic E-state index is 7.57. The molecule has 9 aromatic carbocycles. The Hall–Kier alpha value is -5.94. The lowest BCUT2D eigenvalue weighted by molar-refractivity contribution is 0.675. The van der Waals surface area contributed by atoms with Gasteiger partial charge in [-0.3, -0.25) is 0 Å². The molecule has 2 aromatic heterocycles. The van der Waals surface area contributed by atoms with Crippen LogP contribution in [0.15, 0.2) is 4.42 Å². The molecule has 0 aliphatic rings. The van der Waals surface area contributed by atoms with Crippen molar-refractivity contribution in [1.29, 1.82) is 0 Å². The van der Waals surface area contributed by atoms with Crippen LogP contribution in [0.4, 0.5) is 17.1 Å². The van der Waals surface area contributed by atoms with Crippen LogP contribution in [0.1, 0.15) is 0 Å². The second-order valence-electron chi connectivity index (χ2n) is 23.3. The van der Waals surface area contributed by atoms with Gasteiger partial charge < -0.3 is 9.32 Å². The van der Waals surface area contributed by atoms with Gasteiger partial charge in [-0.1, -0.05) is 126 Å². The van der Waals surface area contributed by atoms with E-state index in [0.29, 0.717) is 0 Å². The van der Waals surface area contributed by atoms with Crippen LogP contribution in [0.25, 0.3) is 89.5 Å². The fraction of sp³-hybridized carbons (Fsp3) is 0. The number of fused-ring (bicyclic) bond motifs is 3. The molecule has 0 saturated carbocycles. The van der Waals surface area contributed by atoms with E-state index in [9.17, 15) is 0 Å². The molecule has 0 aliphatic carbocycles. The highest BCUT2D eigenvalue weighted by Gasteiger charge is 2.34. The Morgan fingerprint density at radius 3 is 0.590 bits per heavy atom. The van der Waals surface area contributed by atoms with Gasteiger partial charge in [0.1, 0.15) is 309 Å². The Labute approximate surface area is 631 Å². The molecular weight excluding hydrogens is 1170 g/mol. The number of furan rings is 1. The first-order valence-corrected chi connectivity index (χ1v) is 28.6. The molecule has 43 heteroatoms. The van der Waals surface area contributed by atoms with Crippen LogP contribution in [0.5, 0.6) is 0 Å². The first-order chi connectivity index (χ1) is 46.5. The largest absolute Gasteiger partial charge is 0.457 e. The molecule has 0 fully saturated rings. The van der Waals surface area contributed by atoms with Crippen molar-refractivity contribution in [2.24, 2.45) is 0 Å². The molecule has 0 bridgehead atoms. The number of anilines is 3. The average molecular weight is 1170 g/mol. The van der Waals surface area contributed by atoms with Crippen molar-refractivity contribution in [1.82, 2.24) is 15.0 Å². The fourth-order valence-electron chi connectivity index (χ4n) is 12.3. The Morgan fingerprint density at radius 2 is 0.330 bits per heavy atom. The van der Waals surface area contributed by atoms with Gasteiger partial charge in [-0.2, -0.15) is 0 Å². The minimum Gasteiger partial charge on any atom is -0.457 e. The van der Waals surface area contributed by atoms with Crippen LogP contribution >= 0.6 is 0 Å². The van der Waals surface area contributed by atoms with Gasteiger partial charge in [0.2, 0.25) is 0 Å². The maximum Gasteiger partial charge on any atom is 0.164 e. The SMILES string of the molecule is [B]c1c([B])c([B])c(-c2nc(-c3c([B])c([B])c([B])c([B])c3[B])nc(-c3c([B])c(-c4c([B])c([B])c(N(c5c([B])c([B])c(-c6c([B])c([B])c([B])c([B])c6[B])c([B])c5[B])c5c([B])c([B])c(-c6c([B])c([B])c([B])c([B])c6[B])c([B])c5[B])c([B])c4[B])c([B])c4oc5c([B])c([B])c([B])c([B])c5c34)n2)c([B])c1[B]. The van der Waals surface area contributed by atoms with Crippen molar-refractivity contribution < 1.29 is 4.42 Å². The summed E-state index contributed by atoms with van der Waals surface area (Å²) in [6.07, 6.45) is 0. The molecule has 0 atom stereocenters. The lowest BCUT2D eigenvalue weighted by Gasteiger charge is -2.40. The van der Waals surface area contributed by atoms with Crippen molar-refractivity contribution in [3.05, 3.63) is 0 Å². The van der Waals surface area contributed by atoms with Crippen molar-refractivity contribution in [2.45, 2.75) is 0 Å². The summed E-state index contributed by atoms with van der Waals surface area (Å²) in [5.41, 5.74) is -15.8. The predicted octanol–water partition coefficient (Wildman–Crippen LogP) is -30.6. The van der Waals surface area contributed by atoms with Gasteiger partial charge in [0, 0.05) is 44.5 Å². The van der Waals surface area contributed by atoms with Gasteiger partial charge in [0.05, 0.1) is 0 Å². The van der Waals surface area contributed by atoms with E-state index in [-0.39, 0.29) is 209 Å². The van der Waals surface area contributed by atoms with Gasteiger partial charge >= 0.3 is 0 Å². The normalized spacial score (nSPS) is 11.5. The molecule has 0 aliphatic heterocycles. The topological polar surface area (TPSA) is 55.1 Å². The van der Waals surface area contributed by atoms with Crippen molar-refractivity contribution in [2.75, 3.05) is 4.90 Å². The monoisotopic (exact) mass is 1170 g/mol. The van der Waals surface area contributed by atoms with Crippen LogP contribution in [0.2, 0.25) is 0 Å². The molecule has 2 heterocycles. The van der Waals surface area contributed by atoms with Crippen LogP contribution in [-0.2, 0) is 0 Å². The number of rotatable bonds is 9. The predicted molar refractivity (Wildman–Crippen MR) is 459 cm³/mol. The van der Waals surface area contributed by atoms with E-state index in [1.54, 1.807) is 0 Å². The van der Waals surface area contributed by atoms with Crippen LogP contribution in [0.3, 0.4) is 0 Å². The third-order valence-corrected chi connectivity index (χ3v) is 18.0. The average Bonchev–Trinajstić information content (AvgIpc) is 1.39. The molecule has 0 unspecified atom stereocenters. The second kappa shape index (κ2) is 26.6. The molecular formula is C57B38N4O. The molecule has 11 aromatic rings. The van der Waals surface area contributed by atoms with E-state index in [1.807, 2.05) is 0 Å². The summed E-state index contributed by atoms with van der Waals surface area (Å²) in [6.45, 7) is 0. The zero-order chi connectivity index (χ0) is 74.3. The highest BCUT2D eigenvalue weighted by molar-refractivity contribution is 6.77. The molecule has 76 radical (unpaired) electrons. The zero-order valence-electron chi connectivity index (χ0n) is 52.6. The molecule has 0 saturated heterocycles. The quantitative estimate of drug-likeness (QED) is 0.135. The van der Waals surface area contributed by atoms with Crippen LogP contribution < -0.4 is 212 Å². The summed E-state index contributed by atoms with van der Waals surface area (Å²) >= 11 is 0. The summed E-state index contributed by atoms with van der Waals surface area (Å²) in [7, 11) is 257. The zero-order valence-corrected chi connectivity index (χ0v) is 52.6. The lowest BCUT2D eigenvalue weighted by atomic mass is 9.56. The van der Waals surface area contributed by atoms with Gasteiger partial charge in [-0.25, -0.2) is 15.0 Å². The van der Waals surface area contributed by atoms with Crippen molar-refractivity contribution in [3.8, 4) is 67.5 Å². The summed E-state index contributed by atoms with van der Waals surface area (Å²) < 4.78 is 6.58. The van der Waals surface area contributed by atoms with Crippen LogP contribution in [0, 0.1) is 0 Å². The van der Waals surface area contributed by atoms with Crippen molar-refractivity contribution >= 4 is 545 Å². The molecule has 0 N–H and O–H groups in total. The van der Waals surface area contributed by atoms with E-state index >= 15 is 0 Å². The van der Waals surface area contributed by atoms with E-state index in [0.717, 1.165) is 4.90 Å². The third kappa shape index (κ3) is 10.8. The van der Waals surface area contributed by atoms with E-state index in [2.05, 4.69) is 0 Å². The number of hydrogen-bond donors (Lipinski definition) is 0. The Balaban J connectivity index is 1.31. The molecule has 100 heavy (non-hydrogen) atoms. The van der Waals surface area contributed by atoms with Gasteiger partial charge in [-0.15, -0.1) is 76.5 Å². The highest BCUT2D eigenvalue weighted by atomic mass is 16.3. The number of benzene rings is 9. The Bertz CT molecular complexity index is 5190. The minimum absolute atomic E-state index is 0.0597. The minimum atomic E-state index is -0.556. The van der Waals surface area contributed by atoms with Gasteiger partial charge in [0.25, 0.3) is 0 Å².